The van der Waals surface area contributed by atoms with Crippen LogP contribution in [-0.2, 0) is 22.7 Å². The fraction of sp³-hybridized carbons (Fsp3) is 0.379. The van der Waals surface area contributed by atoms with E-state index in [-0.39, 0.29) is 30.2 Å². The molecule has 7 nitrogen and oxygen atoms in total. The lowest BCUT2D eigenvalue weighted by atomic mass is 10.0. The van der Waals surface area contributed by atoms with Gasteiger partial charge in [0.25, 0.3) is 5.91 Å². The molecule has 3 amide bonds. The van der Waals surface area contributed by atoms with Crippen LogP contribution in [0.2, 0.25) is 0 Å². The van der Waals surface area contributed by atoms with Crippen molar-refractivity contribution in [3.05, 3.63) is 76.2 Å². The molecule has 1 fully saturated rings. The Kier molecular flexibility index (Phi) is 7.29. The van der Waals surface area contributed by atoms with Crippen LogP contribution in [0.25, 0.3) is 10.4 Å². The first-order valence-corrected chi connectivity index (χ1v) is 13.8. The Morgan fingerprint density at radius 3 is 2.68 bits per heavy atom. The number of carbonyl (C=O) groups excluding carboxylic acids is 3. The number of hydrogen-bond acceptors (Lipinski definition) is 5. The largest absolute Gasteiger partial charge is 0.350 e. The Hall–Kier alpha value is -3.59. The number of amides is 3. The molecule has 1 saturated heterocycles. The van der Waals surface area contributed by atoms with Crippen LogP contribution < -0.4 is 5.32 Å². The number of aromatic nitrogens is 1. The third kappa shape index (κ3) is 4.82. The number of thiazole rings is 1. The summed E-state index contributed by atoms with van der Waals surface area (Å²) < 4.78 is 14.9. The van der Waals surface area contributed by atoms with Crippen molar-refractivity contribution >= 4 is 29.1 Å². The maximum Gasteiger partial charge on any atom is 0.255 e. The first-order chi connectivity index (χ1) is 18.3. The van der Waals surface area contributed by atoms with Gasteiger partial charge in [-0.2, -0.15) is 0 Å². The molecule has 0 radical (unpaired) electrons. The maximum atomic E-state index is 14.9. The van der Waals surface area contributed by atoms with Gasteiger partial charge in [0, 0.05) is 30.8 Å². The number of benzene rings is 2. The molecule has 3 aromatic rings. The fourth-order valence-electron chi connectivity index (χ4n) is 5.46. The van der Waals surface area contributed by atoms with Crippen LogP contribution in [0, 0.1) is 18.7 Å². The van der Waals surface area contributed by atoms with Gasteiger partial charge in [-0.25, -0.2) is 9.37 Å². The van der Waals surface area contributed by atoms with Crippen molar-refractivity contribution in [1.82, 2.24) is 20.1 Å². The van der Waals surface area contributed by atoms with E-state index in [9.17, 15) is 18.8 Å². The summed E-state index contributed by atoms with van der Waals surface area (Å²) in [6, 6.07) is 11.1. The van der Waals surface area contributed by atoms with E-state index in [1.807, 2.05) is 45.0 Å². The predicted molar refractivity (Wildman–Crippen MR) is 144 cm³/mol. The number of nitrogens with one attached hydrogen (secondary N) is 1. The number of carbonyl (C=O) groups is 3. The molecule has 1 N–H and O–H groups in total. The van der Waals surface area contributed by atoms with Crippen molar-refractivity contribution in [2.24, 2.45) is 5.92 Å². The number of likely N-dealkylation sites (tertiary alicyclic amines) is 1. The van der Waals surface area contributed by atoms with Crippen molar-refractivity contribution < 1.29 is 18.8 Å². The molecule has 2 atom stereocenters. The van der Waals surface area contributed by atoms with Crippen LogP contribution in [0.1, 0.15) is 53.9 Å². The van der Waals surface area contributed by atoms with Gasteiger partial charge in [0.1, 0.15) is 17.9 Å². The second kappa shape index (κ2) is 10.6. The third-order valence-corrected chi connectivity index (χ3v) is 8.40. The summed E-state index contributed by atoms with van der Waals surface area (Å²) in [4.78, 5) is 48.5. The van der Waals surface area contributed by atoms with Crippen LogP contribution in [0.5, 0.6) is 0 Å². The zero-order chi connectivity index (χ0) is 27.0. The molecule has 2 aromatic carbocycles. The zero-order valence-corrected chi connectivity index (χ0v) is 22.6. The molecule has 3 heterocycles. The van der Waals surface area contributed by atoms with Crippen molar-refractivity contribution in [3.63, 3.8) is 0 Å². The predicted octanol–water partition coefficient (Wildman–Crippen LogP) is 4.55. The summed E-state index contributed by atoms with van der Waals surface area (Å²) in [5.74, 6) is -1.20. The number of aryl methyl sites for hydroxylation is 1. The van der Waals surface area contributed by atoms with Gasteiger partial charge in [0.05, 0.1) is 16.1 Å². The first kappa shape index (κ1) is 26.0. The highest BCUT2D eigenvalue weighted by Crippen LogP contribution is 2.31. The normalized spacial score (nSPS) is 17.7. The summed E-state index contributed by atoms with van der Waals surface area (Å²) >= 11 is 1.46. The molecule has 1 aromatic heterocycles. The summed E-state index contributed by atoms with van der Waals surface area (Å²) in [7, 11) is 0. The minimum absolute atomic E-state index is 0.0265. The Balaban J connectivity index is 1.27. The molecular weight excluding hydrogens is 503 g/mol. The standard InChI is InChI=1S/C29H31FN4O3S/c1-17(2)25(34-15-21-7-4-5-8-22(21)28(34)36)29(37)33-12-6-9-24(33)27(35)31-14-20-11-10-19(13-23(20)30)26-18(3)32-16-38-26/h4-5,7-8,10-11,13,16-17,24-25H,6,9,12,14-15H2,1-3H3,(H,31,35)/t24-,25?/m0/s1. The van der Waals surface area contributed by atoms with Crippen LogP contribution in [0.15, 0.2) is 48.0 Å². The van der Waals surface area contributed by atoms with E-state index in [1.54, 1.807) is 27.4 Å². The molecule has 2 aliphatic rings. The number of fused-ring (bicyclic) bond motifs is 1. The van der Waals surface area contributed by atoms with Gasteiger partial charge in [0.15, 0.2) is 0 Å². The summed E-state index contributed by atoms with van der Waals surface area (Å²) in [5, 5.41) is 2.83. The Bertz CT molecular complexity index is 1390. The van der Waals surface area contributed by atoms with Crippen LogP contribution >= 0.6 is 11.3 Å². The lowest BCUT2D eigenvalue weighted by Gasteiger charge is -2.35. The lowest BCUT2D eigenvalue weighted by molar-refractivity contribution is -0.143. The van der Waals surface area contributed by atoms with Crippen molar-refractivity contribution in [3.8, 4) is 10.4 Å². The van der Waals surface area contributed by atoms with Crippen LogP contribution in [0.4, 0.5) is 4.39 Å². The van der Waals surface area contributed by atoms with E-state index < -0.39 is 17.9 Å². The molecule has 0 aliphatic carbocycles. The molecule has 5 rings (SSSR count). The number of rotatable bonds is 7. The SMILES string of the molecule is Cc1ncsc1-c1ccc(CNC(=O)[C@@H]2CCCN2C(=O)C(C(C)C)N2Cc3ccccc3C2=O)c(F)c1. The molecule has 0 bridgehead atoms. The fourth-order valence-corrected chi connectivity index (χ4v) is 6.27. The van der Waals surface area contributed by atoms with Gasteiger partial charge < -0.3 is 15.1 Å². The second-order valence-corrected chi connectivity index (χ2v) is 11.1. The van der Waals surface area contributed by atoms with E-state index in [2.05, 4.69) is 10.3 Å². The van der Waals surface area contributed by atoms with Gasteiger partial charge in [0.2, 0.25) is 11.8 Å². The number of hydrogen-bond donors (Lipinski definition) is 1. The van der Waals surface area contributed by atoms with Crippen LogP contribution in [0.3, 0.4) is 0 Å². The monoisotopic (exact) mass is 534 g/mol. The quantitative estimate of drug-likeness (QED) is 0.482. The average Bonchev–Trinajstić information content (AvgIpc) is 3.63. The van der Waals surface area contributed by atoms with Gasteiger partial charge in [-0.3, -0.25) is 14.4 Å². The maximum absolute atomic E-state index is 14.9. The van der Waals surface area contributed by atoms with Crippen molar-refractivity contribution in [2.45, 2.75) is 58.8 Å². The zero-order valence-electron chi connectivity index (χ0n) is 21.7. The molecular formula is C29H31FN4O3S. The minimum atomic E-state index is -0.663. The van der Waals surface area contributed by atoms with Crippen LogP contribution in [-0.4, -0.2) is 51.1 Å². The molecule has 198 valence electrons. The van der Waals surface area contributed by atoms with E-state index in [4.69, 9.17) is 0 Å². The Morgan fingerprint density at radius 2 is 2.00 bits per heavy atom. The van der Waals surface area contributed by atoms with Crippen molar-refractivity contribution in [1.29, 1.82) is 0 Å². The summed E-state index contributed by atoms with van der Waals surface area (Å²) in [5.41, 5.74) is 5.24. The molecule has 2 aliphatic heterocycles. The number of nitrogens with zero attached hydrogens (tertiary/aromatic N) is 3. The smallest absolute Gasteiger partial charge is 0.255 e. The molecule has 0 saturated carbocycles. The minimum Gasteiger partial charge on any atom is -0.350 e. The van der Waals surface area contributed by atoms with E-state index in [0.29, 0.717) is 37.1 Å². The average molecular weight is 535 g/mol. The second-order valence-electron chi connectivity index (χ2n) is 10.3. The summed E-state index contributed by atoms with van der Waals surface area (Å²) in [6.45, 7) is 6.58. The highest BCUT2D eigenvalue weighted by molar-refractivity contribution is 7.13. The molecule has 1 unspecified atom stereocenters. The topological polar surface area (TPSA) is 82.6 Å². The highest BCUT2D eigenvalue weighted by atomic mass is 32.1. The van der Waals surface area contributed by atoms with Gasteiger partial charge in [-0.1, -0.05) is 44.2 Å². The highest BCUT2D eigenvalue weighted by Gasteiger charge is 2.43. The number of halogens is 1. The van der Waals surface area contributed by atoms with E-state index in [1.165, 1.54) is 17.4 Å². The van der Waals surface area contributed by atoms with E-state index in [0.717, 1.165) is 21.7 Å². The molecule has 0 spiro atoms. The van der Waals surface area contributed by atoms with Gasteiger partial charge in [-0.05, 0) is 48.9 Å². The van der Waals surface area contributed by atoms with Crippen molar-refractivity contribution in [2.75, 3.05) is 6.54 Å². The Morgan fingerprint density at radius 1 is 1.21 bits per heavy atom. The van der Waals surface area contributed by atoms with E-state index >= 15 is 0 Å². The first-order valence-electron chi connectivity index (χ1n) is 12.9. The third-order valence-electron chi connectivity index (χ3n) is 7.42. The van der Waals surface area contributed by atoms with Gasteiger partial charge in [-0.15, -0.1) is 11.3 Å². The van der Waals surface area contributed by atoms with Gasteiger partial charge >= 0.3 is 0 Å². The summed E-state index contributed by atoms with van der Waals surface area (Å²) in [6.07, 6.45) is 1.22. The lowest BCUT2D eigenvalue weighted by Crippen LogP contribution is -2.55. The molecule has 9 heteroatoms. The molecule has 38 heavy (non-hydrogen) atoms. The Labute approximate surface area is 225 Å².